The van der Waals surface area contributed by atoms with Crippen molar-refractivity contribution in [2.24, 2.45) is 5.41 Å². The van der Waals surface area contributed by atoms with Gasteiger partial charge in [0.15, 0.2) is 18.2 Å². The molecule has 0 saturated heterocycles. The van der Waals surface area contributed by atoms with E-state index in [9.17, 15) is 13.2 Å². The van der Waals surface area contributed by atoms with Gasteiger partial charge in [0.2, 0.25) is 6.54 Å². The maximum atomic E-state index is 12.0. The lowest BCUT2D eigenvalue weighted by Gasteiger charge is -2.17. The largest absolute Gasteiger partial charge is 1.00 e. The SMILES string of the molecule is CC(C)(C)COS(=O)(=O)CCNC(=O)C[n+]1ccc(-c2nccnn2)cc1.[Br-]. The second-order valence-electron chi connectivity index (χ2n) is 7.16. The van der Waals surface area contributed by atoms with Gasteiger partial charge in [0.05, 0.1) is 18.6 Å². The monoisotopic (exact) mass is 473 g/mol. The molecule has 9 nitrogen and oxygen atoms in total. The van der Waals surface area contributed by atoms with E-state index in [4.69, 9.17) is 4.18 Å². The predicted molar refractivity (Wildman–Crippen MR) is 97.7 cm³/mol. The molecule has 2 aromatic heterocycles. The lowest BCUT2D eigenvalue weighted by molar-refractivity contribution is -0.684. The summed E-state index contributed by atoms with van der Waals surface area (Å²) in [5.74, 6) is -0.0671. The first kappa shape index (κ1) is 24.1. The van der Waals surface area contributed by atoms with Crippen LogP contribution in [-0.4, -0.2) is 48.4 Å². The summed E-state index contributed by atoms with van der Waals surface area (Å²) in [5.41, 5.74) is 0.529. The van der Waals surface area contributed by atoms with Crippen LogP contribution < -0.4 is 26.9 Å². The molecule has 2 rings (SSSR count). The van der Waals surface area contributed by atoms with Crippen LogP contribution in [0.3, 0.4) is 0 Å². The normalized spacial score (nSPS) is 11.5. The first-order valence-electron chi connectivity index (χ1n) is 8.42. The first-order chi connectivity index (χ1) is 12.6. The zero-order valence-corrected chi connectivity index (χ0v) is 18.4. The molecule has 0 aliphatic carbocycles. The van der Waals surface area contributed by atoms with E-state index in [0.717, 1.165) is 5.56 Å². The molecule has 0 unspecified atom stereocenters. The van der Waals surface area contributed by atoms with Crippen molar-refractivity contribution in [1.82, 2.24) is 20.5 Å². The Kier molecular flexibility index (Phi) is 9.05. The van der Waals surface area contributed by atoms with E-state index in [1.807, 2.05) is 20.8 Å². The smallest absolute Gasteiger partial charge is 0.286 e. The van der Waals surface area contributed by atoms with Gasteiger partial charge in [-0.3, -0.25) is 8.98 Å². The van der Waals surface area contributed by atoms with Crippen LogP contribution in [0.2, 0.25) is 0 Å². The van der Waals surface area contributed by atoms with Crippen LogP contribution in [-0.2, 0) is 25.6 Å². The molecule has 2 heterocycles. The van der Waals surface area contributed by atoms with Gasteiger partial charge >= 0.3 is 0 Å². The van der Waals surface area contributed by atoms with Gasteiger partial charge in [-0.15, -0.1) is 5.10 Å². The van der Waals surface area contributed by atoms with Gasteiger partial charge in [0, 0.05) is 30.4 Å². The van der Waals surface area contributed by atoms with Crippen molar-refractivity contribution in [3.63, 3.8) is 0 Å². The highest BCUT2D eigenvalue weighted by Gasteiger charge is 2.18. The van der Waals surface area contributed by atoms with Gasteiger partial charge in [-0.25, -0.2) is 4.98 Å². The van der Waals surface area contributed by atoms with Crippen molar-refractivity contribution in [2.75, 3.05) is 18.9 Å². The summed E-state index contributed by atoms with van der Waals surface area (Å²) in [6.07, 6.45) is 6.48. The third-order valence-corrected chi connectivity index (χ3v) is 4.48. The highest BCUT2D eigenvalue weighted by molar-refractivity contribution is 7.86. The molecule has 0 aromatic carbocycles. The van der Waals surface area contributed by atoms with Gasteiger partial charge in [-0.05, 0) is 5.41 Å². The minimum Gasteiger partial charge on any atom is -1.00 e. The highest BCUT2D eigenvalue weighted by atomic mass is 79.9. The fourth-order valence-corrected chi connectivity index (χ4v) is 2.96. The van der Waals surface area contributed by atoms with Crippen molar-refractivity contribution >= 4 is 16.0 Å². The second-order valence-corrected chi connectivity index (χ2v) is 8.92. The Bertz CT molecular complexity index is 855. The molecule has 1 N–H and O–H groups in total. The van der Waals surface area contributed by atoms with Crippen molar-refractivity contribution in [3.05, 3.63) is 36.9 Å². The van der Waals surface area contributed by atoms with Gasteiger partial charge in [0.1, 0.15) is 0 Å². The van der Waals surface area contributed by atoms with E-state index in [1.165, 1.54) is 6.20 Å². The van der Waals surface area contributed by atoms with Crippen LogP contribution in [0.15, 0.2) is 36.9 Å². The molecular weight excluding hydrogens is 450 g/mol. The van der Waals surface area contributed by atoms with Crippen LogP contribution in [0.5, 0.6) is 0 Å². The second kappa shape index (κ2) is 10.5. The molecule has 0 fully saturated rings. The number of carbonyl (C=O) groups excluding carboxylic acids is 1. The van der Waals surface area contributed by atoms with E-state index in [2.05, 4.69) is 20.5 Å². The summed E-state index contributed by atoms with van der Waals surface area (Å²) in [6.45, 7) is 5.81. The topological polar surface area (TPSA) is 115 Å². The third kappa shape index (κ3) is 8.81. The van der Waals surface area contributed by atoms with Crippen molar-refractivity contribution in [1.29, 1.82) is 0 Å². The molecule has 0 radical (unpaired) electrons. The van der Waals surface area contributed by atoms with Crippen LogP contribution in [0, 0.1) is 5.41 Å². The summed E-state index contributed by atoms with van der Waals surface area (Å²) in [6, 6.07) is 3.55. The number of hydrogen-bond donors (Lipinski definition) is 1. The summed E-state index contributed by atoms with van der Waals surface area (Å²) >= 11 is 0. The fraction of sp³-hybridized carbons (Fsp3) is 0.471. The summed E-state index contributed by atoms with van der Waals surface area (Å²) in [5, 5.41) is 10.3. The molecule has 0 saturated carbocycles. The van der Waals surface area contributed by atoms with Crippen LogP contribution in [0.25, 0.3) is 11.4 Å². The zero-order chi connectivity index (χ0) is 19.9. The summed E-state index contributed by atoms with van der Waals surface area (Å²) in [7, 11) is -3.66. The zero-order valence-electron chi connectivity index (χ0n) is 16.0. The van der Waals surface area contributed by atoms with Gasteiger partial charge in [-0.2, -0.15) is 18.1 Å². The molecular formula is C17H24BrN5O4S. The molecule has 0 bridgehead atoms. The molecule has 11 heteroatoms. The Morgan fingerprint density at radius 2 is 1.89 bits per heavy atom. The van der Waals surface area contributed by atoms with Gasteiger partial charge in [-0.1, -0.05) is 20.8 Å². The van der Waals surface area contributed by atoms with Crippen LogP contribution >= 0.6 is 0 Å². The average Bonchev–Trinajstić information content (AvgIpc) is 2.61. The summed E-state index contributed by atoms with van der Waals surface area (Å²) in [4.78, 5) is 16.1. The predicted octanol–water partition coefficient (Wildman–Crippen LogP) is -2.66. The number of carbonyl (C=O) groups is 1. The van der Waals surface area contributed by atoms with E-state index in [1.54, 1.807) is 35.3 Å². The molecule has 1 amide bonds. The van der Waals surface area contributed by atoms with E-state index < -0.39 is 10.1 Å². The van der Waals surface area contributed by atoms with E-state index in [-0.39, 0.29) is 53.8 Å². The molecule has 0 atom stereocenters. The Hall–Kier alpha value is -1.98. The lowest BCUT2D eigenvalue weighted by Crippen LogP contribution is -3.00. The van der Waals surface area contributed by atoms with Gasteiger partial charge in [0.25, 0.3) is 16.0 Å². The molecule has 2 aromatic rings. The maximum Gasteiger partial charge on any atom is 0.286 e. The Labute approximate surface area is 175 Å². The number of aromatic nitrogens is 4. The molecule has 28 heavy (non-hydrogen) atoms. The molecule has 0 aliphatic heterocycles. The Balaban J connectivity index is 0.00000392. The number of halogens is 1. The number of rotatable bonds is 8. The number of nitrogens with one attached hydrogen (secondary N) is 1. The summed E-state index contributed by atoms with van der Waals surface area (Å²) < 4.78 is 30.2. The first-order valence-corrected chi connectivity index (χ1v) is 9.99. The van der Waals surface area contributed by atoms with Crippen molar-refractivity contribution < 1.29 is 38.9 Å². The number of nitrogens with zero attached hydrogens (tertiary/aromatic N) is 4. The maximum absolute atomic E-state index is 12.0. The minimum absolute atomic E-state index is 0. The number of pyridine rings is 1. The van der Waals surface area contributed by atoms with Crippen molar-refractivity contribution in [2.45, 2.75) is 27.3 Å². The number of hydrogen-bond acceptors (Lipinski definition) is 7. The molecule has 154 valence electrons. The standard InChI is InChI=1S/C17H23N5O4S.BrH/c1-17(2,3)13-26-27(24,25)11-8-18-15(23)12-22-9-4-14(5-10-22)16-19-6-7-20-21-16;/h4-7,9-10H,8,11-13H2,1-3H3;1H. The number of amides is 1. The minimum atomic E-state index is -3.66. The quantitative estimate of drug-likeness (QED) is 0.328. The fourth-order valence-electron chi connectivity index (χ4n) is 1.95. The van der Waals surface area contributed by atoms with Crippen LogP contribution in [0.1, 0.15) is 20.8 Å². The van der Waals surface area contributed by atoms with Crippen LogP contribution in [0.4, 0.5) is 0 Å². The molecule has 0 spiro atoms. The molecule has 0 aliphatic rings. The van der Waals surface area contributed by atoms with E-state index >= 15 is 0 Å². The van der Waals surface area contributed by atoms with E-state index in [0.29, 0.717) is 5.82 Å². The Morgan fingerprint density at radius 3 is 2.46 bits per heavy atom. The van der Waals surface area contributed by atoms with Crippen molar-refractivity contribution in [3.8, 4) is 11.4 Å². The highest BCUT2D eigenvalue weighted by Crippen LogP contribution is 2.14. The lowest BCUT2D eigenvalue weighted by atomic mass is 9.99. The third-order valence-electron chi connectivity index (χ3n) is 3.30. The Morgan fingerprint density at radius 1 is 1.21 bits per heavy atom. The average molecular weight is 474 g/mol. The van der Waals surface area contributed by atoms with Gasteiger partial charge < -0.3 is 22.3 Å².